The van der Waals surface area contributed by atoms with Crippen molar-refractivity contribution in [3.05, 3.63) is 11.6 Å². The number of nitrogens with two attached hydrogens (primary N) is 2. The number of nitrogens with one attached hydrogen (secondary N) is 2. The molecule has 1 heterocycles. The smallest absolute Gasteiger partial charge is 0.237 e. The molecule has 1 rings (SSSR count). The van der Waals surface area contributed by atoms with E-state index in [0.717, 1.165) is 55.4 Å². The van der Waals surface area contributed by atoms with Crippen molar-refractivity contribution < 1.29 is 23.0 Å². The van der Waals surface area contributed by atoms with Crippen molar-refractivity contribution in [1.29, 1.82) is 0 Å². The molecule has 0 saturated carbocycles. The fourth-order valence-corrected chi connectivity index (χ4v) is 5.81. The van der Waals surface area contributed by atoms with Gasteiger partial charge >= 0.3 is 0 Å². The number of allylic oxidation sites excluding steroid dienone is 2. The van der Waals surface area contributed by atoms with Gasteiger partial charge in [0.2, 0.25) is 5.91 Å². The van der Waals surface area contributed by atoms with Gasteiger partial charge in [0.25, 0.3) is 0 Å². The molecule has 0 bridgehead atoms. The van der Waals surface area contributed by atoms with E-state index in [2.05, 4.69) is 31.4 Å². The van der Waals surface area contributed by atoms with Crippen molar-refractivity contribution >= 4 is 11.6 Å². The fraction of sp³-hybridized carbons (Fsp3) is 0.857. The van der Waals surface area contributed by atoms with Crippen LogP contribution in [0.2, 0.25) is 0 Å². The Labute approximate surface area is 225 Å². The van der Waals surface area contributed by atoms with E-state index in [0.29, 0.717) is 18.7 Å². The third-order valence-electron chi connectivity index (χ3n) is 8.09. The maximum Gasteiger partial charge on any atom is 0.237 e. The van der Waals surface area contributed by atoms with Gasteiger partial charge in [-0.1, -0.05) is 32.8 Å². The molecule has 37 heavy (non-hydrogen) atoms. The van der Waals surface area contributed by atoms with Gasteiger partial charge in [-0.3, -0.25) is 10.1 Å². The zero-order valence-electron chi connectivity index (χ0n) is 24.9. The Bertz CT molecular complexity index is 759. The summed E-state index contributed by atoms with van der Waals surface area (Å²) in [6.45, 7) is 15.9. The highest BCUT2D eigenvalue weighted by Gasteiger charge is 2.47. The topological polar surface area (TPSA) is 105 Å². The maximum atomic E-state index is 14.8. The Kier molecular flexibility index (Phi) is 15.0. The lowest BCUT2D eigenvalue weighted by Crippen LogP contribution is -2.72. The number of quaternary nitrogens is 1. The molecule has 0 aliphatic carbocycles. The van der Waals surface area contributed by atoms with E-state index < -0.39 is 18.3 Å². The first kappa shape index (κ1) is 33.6. The number of amides is 1. The number of alkyl halides is 1. The highest BCUT2D eigenvalue weighted by Crippen LogP contribution is 2.27. The van der Waals surface area contributed by atoms with Crippen molar-refractivity contribution in [1.82, 2.24) is 10.6 Å². The van der Waals surface area contributed by atoms with E-state index in [1.807, 2.05) is 38.5 Å². The summed E-state index contributed by atoms with van der Waals surface area (Å²) in [6.07, 6.45) is 4.08. The molecule has 0 spiro atoms. The molecule has 216 valence electrons. The molecule has 6 N–H and O–H groups in total. The monoisotopic (exact) mass is 528 g/mol. The molecule has 1 aliphatic heterocycles. The number of likely N-dealkylation sites (tertiary alicyclic amines) is 1. The van der Waals surface area contributed by atoms with Gasteiger partial charge < -0.3 is 26.0 Å². The van der Waals surface area contributed by atoms with Crippen molar-refractivity contribution in [3.63, 3.8) is 0 Å². The summed E-state index contributed by atoms with van der Waals surface area (Å²) >= 11 is 0. The van der Waals surface area contributed by atoms with Gasteiger partial charge in [0.15, 0.2) is 18.4 Å². The molecule has 1 aliphatic rings. The zero-order valence-corrected chi connectivity index (χ0v) is 24.9. The minimum absolute atomic E-state index is 0.135. The van der Waals surface area contributed by atoms with E-state index in [1.54, 1.807) is 7.11 Å². The molecule has 9 heteroatoms. The first-order valence-electron chi connectivity index (χ1n) is 14.4. The summed E-state index contributed by atoms with van der Waals surface area (Å²) in [7, 11) is 3.70. The summed E-state index contributed by atoms with van der Waals surface area (Å²) in [4.78, 5) is 13.9. The molecule has 6 atom stereocenters. The molecule has 0 aromatic carbocycles. The van der Waals surface area contributed by atoms with Gasteiger partial charge in [-0.15, -0.1) is 0 Å². The van der Waals surface area contributed by atoms with Gasteiger partial charge in [-0.25, -0.2) is 8.97 Å². The number of likely N-dealkylation sites (N-methyl/N-ethyl adjacent to an activating group) is 1. The number of hydrogen-bond acceptors (Lipinski definition) is 5. The number of rotatable bonds is 16. The van der Waals surface area contributed by atoms with Crippen LogP contribution in [0.5, 0.6) is 0 Å². The third-order valence-corrected chi connectivity index (χ3v) is 8.09. The number of halogens is 1. The zero-order chi connectivity index (χ0) is 28.2. The number of hydrogen-bond donors (Lipinski definition) is 4. The first-order valence-corrected chi connectivity index (χ1v) is 14.4. The molecule has 1 saturated heterocycles. The van der Waals surface area contributed by atoms with Crippen LogP contribution in [0.25, 0.3) is 0 Å². The van der Waals surface area contributed by atoms with Gasteiger partial charge in [0, 0.05) is 19.6 Å². The second kappa shape index (κ2) is 16.5. The molecule has 1 amide bonds. The lowest BCUT2D eigenvalue weighted by Gasteiger charge is -2.51. The highest BCUT2D eigenvalue weighted by atomic mass is 19.1. The van der Waals surface area contributed by atoms with Crippen molar-refractivity contribution in [3.8, 4) is 0 Å². The van der Waals surface area contributed by atoms with E-state index in [9.17, 15) is 9.18 Å². The van der Waals surface area contributed by atoms with Crippen LogP contribution in [0.1, 0.15) is 73.6 Å². The Morgan fingerprint density at radius 2 is 1.89 bits per heavy atom. The first-order chi connectivity index (χ1) is 17.6. The summed E-state index contributed by atoms with van der Waals surface area (Å²) in [5, 5.41) is 6.78. The van der Waals surface area contributed by atoms with Crippen LogP contribution < -0.4 is 22.1 Å². The van der Waals surface area contributed by atoms with E-state index in [1.165, 1.54) is 0 Å². The predicted molar refractivity (Wildman–Crippen MR) is 151 cm³/mol. The van der Waals surface area contributed by atoms with E-state index in [-0.39, 0.29) is 30.8 Å². The normalized spacial score (nSPS) is 27.1. The molecule has 0 aromatic heterocycles. The molecule has 8 nitrogen and oxygen atoms in total. The Balaban J connectivity index is 3.46. The van der Waals surface area contributed by atoms with Crippen molar-refractivity contribution in [2.75, 3.05) is 46.9 Å². The molecular formula is C28H57FN6O2+2. The van der Waals surface area contributed by atoms with Crippen LogP contribution in [0.3, 0.4) is 0 Å². The summed E-state index contributed by atoms with van der Waals surface area (Å²) in [6, 6.07) is -0.184. The number of carbonyl (C=O) groups excluding carboxylic acids is 1. The maximum absolute atomic E-state index is 14.8. The van der Waals surface area contributed by atoms with Crippen LogP contribution in [0, 0.1) is 5.92 Å². The lowest BCUT2D eigenvalue weighted by molar-refractivity contribution is -0.959. The molecule has 6 unspecified atom stereocenters. The number of methoxy groups -OCH3 is 1. The lowest BCUT2D eigenvalue weighted by atomic mass is 9.92. The molecule has 0 aromatic rings. The van der Waals surface area contributed by atoms with Crippen molar-refractivity contribution in [2.24, 2.45) is 17.4 Å². The van der Waals surface area contributed by atoms with Crippen LogP contribution in [-0.4, -0.2) is 98.2 Å². The number of ether oxygens (including phenoxy) is 1. The molecular weight excluding hydrogens is 471 g/mol. The van der Waals surface area contributed by atoms with Crippen molar-refractivity contribution in [2.45, 2.75) is 104 Å². The van der Waals surface area contributed by atoms with Crippen LogP contribution >= 0.6 is 0 Å². The quantitative estimate of drug-likeness (QED) is 0.107. The van der Waals surface area contributed by atoms with Gasteiger partial charge in [0.1, 0.15) is 31.2 Å². The fourth-order valence-electron chi connectivity index (χ4n) is 5.81. The largest absolute Gasteiger partial charge is 0.379 e. The predicted octanol–water partition coefficient (Wildman–Crippen LogP) is 2.51. The van der Waals surface area contributed by atoms with Crippen LogP contribution in [0.15, 0.2) is 11.6 Å². The molecule has 1 fully saturated rings. The van der Waals surface area contributed by atoms with E-state index >= 15 is 0 Å². The van der Waals surface area contributed by atoms with Gasteiger partial charge in [-0.2, -0.15) is 0 Å². The summed E-state index contributed by atoms with van der Waals surface area (Å²) in [5.41, 5.74) is 14.3. The Hall–Kier alpha value is -1.39. The number of carbonyl (C=O) groups is 1. The average Bonchev–Trinajstić information content (AvgIpc) is 2.86. The minimum atomic E-state index is -0.987. The Morgan fingerprint density at radius 3 is 2.35 bits per heavy atom. The molecule has 0 radical (unpaired) electrons. The minimum Gasteiger partial charge on any atom is -0.379 e. The van der Waals surface area contributed by atoms with Gasteiger partial charge in [0.05, 0.1) is 25.4 Å². The second-order valence-electron chi connectivity index (χ2n) is 10.6. The summed E-state index contributed by atoms with van der Waals surface area (Å²) < 4.78 is 23.4. The third kappa shape index (κ3) is 9.10. The average molecular weight is 529 g/mol. The highest BCUT2D eigenvalue weighted by molar-refractivity contribution is 6.08. The standard InChI is InChI=1S/C28H56FN6O2/c1-9-14-21(29)18-34(12-4)23(16-20(6)11-3)26(27(30)31)28(36)33-22-19-35(13-5,15-10-2)25(32-7)17-24(22)37-8/h16,21-22,24-27,32H,9-15,17-19,30-31H2,1-8H3/q+1/p+1. The SMILES string of the molecule is CCCC(F)C[N+](CC)=C(C=C(C)CC)C(C(=O)NC1C[N+](CC)(CCC)C(NC)CC1OC)C(N)N. The van der Waals surface area contributed by atoms with E-state index in [4.69, 9.17) is 16.2 Å². The number of nitrogens with zero attached hydrogens (tertiary/aromatic N) is 2. The van der Waals surface area contributed by atoms with Crippen LogP contribution in [-0.2, 0) is 9.53 Å². The Morgan fingerprint density at radius 1 is 1.22 bits per heavy atom. The second-order valence-corrected chi connectivity index (χ2v) is 10.6. The number of piperidine rings is 1. The van der Waals surface area contributed by atoms with Crippen LogP contribution in [0.4, 0.5) is 4.39 Å². The summed E-state index contributed by atoms with van der Waals surface area (Å²) in [5.74, 6) is -1.03. The van der Waals surface area contributed by atoms with Gasteiger partial charge in [-0.05, 0) is 47.1 Å².